The first-order valence-electron chi connectivity index (χ1n) is 3.08. The Hall–Kier alpha value is -0.790. The topological polar surface area (TPSA) is 38.4 Å². The fourth-order valence-corrected chi connectivity index (χ4v) is 0.310. The zero-order valence-corrected chi connectivity index (χ0v) is 6.26. The summed E-state index contributed by atoms with van der Waals surface area (Å²) in [6, 6.07) is 0.361. The van der Waals surface area contributed by atoms with E-state index in [1.807, 2.05) is 20.8 Å². The third kappa shape index (κ3) is 5.07. The van der Waals surface area contributed by atoms with Crippen LogP contribution in [0.25, 0.3) is 0 Å². The van der Waals surface area contributed by atoms with E-state index in [0.717, 1.165) is 5.57 Å². The Morgan fingerprint density at radius 3 is 2.44 bits per heavy atom. The quantitative estimate of drug-likeness (QED) is 0.557. The predicted octanol–water partition coefficient (Wildman–Crippen LogP) is 1.33. The van der Waals surface area contributed by atoms with Crippen LogP contribution in [-0.4, -0.2) is 12.3 Å². The summed E-state index contributed by atoms with van der Waals surface area (Å²) in [5.74, 6) is 0. The Kier molecular flexibility index (Phi) is 3.76. The number of rotatable bonds is 2. The first-order valence-corrected chi connectivity index (χ1v) is 3.08. The van der Waals surface area contributed by atoms with Crippen molar-refractivity contribution in [2.24, 2.45) is 10.7 Å². The molecule has 0 spiro atoms. The van der Waals surface area contributed by atoms with Gasteiger partial charge < -0.3 is 5.73 Å². The molecule has 0 aliphatic heterocycles. The summed E-state index contributed by atoms with van der Waals surface area (Å²) in [5, 5.41) is 0. The number of hydrogen-bond acceptors (Lipinski definition) is 2. The van der Waals surface area contributed by atoms with Gasteiger partial charge in [0.15, 0.2) is 0 Å². The molecule has 0 radical (unpaired) electrons. The van der Waals surface area contributed by atoms with Gasteiger partial charge in [-0.2, -0.15) is 0 Å². The lowest BCUT2D eigenvalue weighted by Crippen LogP contribution is -1.91. The number of nitrogens with zero attached hydrogens (tertiary/aromatic N) is 1. The third-order valence-corrected chi connectivity index (χ3v) is 0.839. The van der Waals surface area contributed by atoms with E-state index in [1.165, 1.54) is 0 Å². The average Bonchev–Trinajstić information content (AvgIpc) is 1.83. The molecular formula is C7H14N2. The van der Waals surface area contributed by atoms with Gasteiger partial charge in [0, 0.05) is 12.3 Å². The van der Waals surface area contributed by atoms with Crippen molar-refractivity contribution >= 4 is 6.21 Å². The van der Waals surface area contributed by atoms with Crippen LogP contribution in [0.5, 0.6) is 0 Å². The van der Waals surface area contributed by atoms with Crippen molar-refractivity contribution in [2.75, 3.05) is 0 Å². The second kappa shape index (κ2) is 4.13. The highest BCUT2D eigenvalue weighted by molar-refractivity contribution is 5.77. The van der Waals surface area contributed by atoms with E-state index in [-0.39, 0.29) is 0 Å². The second-order valence-corrected chi connectivity index (χ2v) is 2.28. The van der Waals surface area contributed by atoms with Gasteiger partial charge in [-0.1, -0.05) is 0 Å². The molecule has 0 fully saturated rings. The van der Waals surface area contributed by atoms with E-state index in [4.69, 9.17) is 5.73 Å². The molecule has 0 saturated heterocycles. The summed E-state index contributed by atoms with van der Waals surface area (Å²) in [6.07, 6.45) is 3.33. The molecule has 0 aromatic rings. The normalized spacial score (nSPS) is 13.6. The fraction of sp³-hybridized carbons (Fsp3) is 0.571. The molecule has 0 unspecified atom stereocenters. The molecular weight excluding hydrogens is 112 g/mol. The maximum Gasteiger partial charge on any atom is 0.0443 e. The molecule has 0 bridgehead atoms. The summed E-state index contributed by atoms with van der Waals surface area (Å²) >= 11 is 0. The molecule has 2 nitrogen and oxygen atoms in total. The lowest BCUT2D eigenvalue weighted by molar-refractivity contribution is 0.840. The van der Waals surface area contributed by atoms with Crippen LogP contribution in [0.15, 0.2) is 16.8 Å². The number of aliphatic imine (C=N–C) groups is 1. The maximum absolute atomic E-state index is 5.20. The molecule has 0 aliphatic rings. The highest BCUT2D eigenvalue weighted by Gasteiger charge is 1.83. The SMILES string of the molecule is C/C(C=NC(C)C)=C/N. The van der Waals surface area contributed by atoms with Crippen LogP contribution in [0.1, 0.15) is 20.8 Å². The summed E-state index contributed by atoms with van der Waals surface area (Å²) in [4.78, 5) is 4.12. The van der Waals surface area contributed by atoms with Gasteiger partial charge in [0.2, 0.25) is 0 Å². The maximum atomic E-state index is 5.20. The summed E-state index contributed by atoms with van der Waals surface area (Å²) < 4.78 is 0. The molecule has 0 atom stereocenters. The van der Waals surface area contributed by atoms with Crippen molar-refractivity contribution in [3.05, 3.63) is 11.8 Å². The second-order valence-electron chi connectivity index (χ2n) is 2.28. The van der Waals surface area contributed by atoms with Gasteiger partial charge in [-0.3, -0.25) is 4.99 Å². The lowest BCUT2D eigenvalue weighted by atomic mass is 10.3. The minimum atomic E-state index is 0.361. The van der Waals surface area contributed by atoms with Crippen molar-refractivity contribution in [3.8, 4) is 0 Å². The molecule has 52 valence electrons. The number of allylic oxidation sites excluding steroid dienone is 1. The zero-order chi connectivity index (χ0) is 7.28. The van der Waals surface area contributed by atoms with Crippen LogP contribution in [-0.2, 0) is 0 Å². The molecule has 0 amide bonds. The van der Waals surface area contributed by atoms with Crippen LogP contribution in [0.4, 0.5) is 0 Å². The van der Waals surface area contributed by atoms with Crippen molar-refractivity contribution in [1.82, 2.24) is 0 Å². The van der Waals surface area contributed by atoms with Gasteiger partial charge in [0.05, 0.1) is 0 Å². The van der Waals surface area contributed by atoms with Crippen LogP contribution >= 0.6 is 0 Å². The lowest BCUT2D eigenvalue weighted by Gasteiger charge is -1.92. The Labute approximate surface area is 56.5 Å². The summed E-state index contributed by atoms with van der Waals surface area (Å²) in [7, 11) is 0. The van der Waals surface area contributed by atoms with E-state index in [2.05, 4.69) is 4.99 Å². The van der Waals surface area contributed by atoms with Gasteiger partial charge in [-0.25, -0.2) is 0 Å². The smallest absolute Gasteiger partial charge is 0.0443 e. The minimum absolute atomic E-state index is 0.361. The Morgan fingerprint density at radius 2 is 2.11 bits per heavy atom. The highest BCUT2D eigenvalue weighted by atomic mass is 14.7. The molecule has 0 heterocycles. The standard InChI is InChI=1S/C7H14N2/c1-6(2)9-5-7(3)4-8/h4-6H,8H2,1-3H3/b7-4-,9-5?. The van der Waals surface area contributed by atoms with Crippen LogP contribution in [0.2, 0.25) is 0 Å². The summed E-state index contributed by atoms with van der Waals surface area (Å²) in [5.41, 5.74) is 6.21. The van der Waals surface area contributed by atoms with Gasteiger partial charge in [-0.15, -0.1) is 0 Å². The first kappa shape index (κ1) is 8.21. The van der Waals surface area contributed by atoms with E-state index >= 15 is 0 Å². The third-order valence-electron chi connectivity index (χ3n) is 0.839. The van der Waals surface area contributed by atoms with Gasteiger partial charge >= 0.3 is 0 Å². The Bertz CT molecular complexity index is 123. The van der Waals surface area contributed by atoms with Crippen molar-refractivity contribution in [2.45, 2.75) is 26.8 Å². The zero-order valence-electron chi connectivity index (χ0n) is 6.26. The molecule has 9 heavy (non-hydrogen) atoms. The molecule has 0 rings (SSSR count). The van der Waals surface area contributed by atoms with Crippen LogP contribution in [0, 0.1) is 0 Å². The van der Waals surface area contributed by atoms with Crippen molar-refractivity contribution < 1.29 is 0 Å². The van der Waals surface area contributed by atoms with Gasteiger partial charge in [0.1, 0.15) is 0 Å². The van der Waals surface area contributed by atoms with Gasteiger partial charge in [-0.05, 0) is 32.5 Å². The number of nitrogens with two attached hydrogens (primary N) is 1. The molecule has 2 heteroatoms. The fourth-order valence-electron chi connectivity index (χ4n) is 0.310. The highest BCUT2D eigenvalue weighted by Crippen LogP contribution is 1.87. The van der Waals surface area contributed by atoms with E-state index < -0.39 is 0 Å². The largest absolute Gasteiger partial charge is 0.404 e. The predicted molar refractivity (Wildman–Crippen MR) is 41.6 cm³/mol. The van der Waals surface area contributed by atoms with Crippen molar-refractivity contribution in [1.29, 1.82) is 0 Å². The first-order chi connectivity index (χ1) is 4.16. The molecule has 2 N–H and O–H groups in total. The Morgan fingerprint density at radius 1 is 1.56 bits per heavy atom. The van der Waals surface area contributed by atoms with Gasteiger partial charge in [0.25, 0.3) is 0 Å². The van der Waals surface area contributed by atoms with E-state index in [9.17, 15) is 0 Å². The van der Waals surface area contributed by atoms with E-state index in [0.29, 0.717) is 6.04 Å². The number of hydrogen-bond donors (Lipinski definition) is 1. The van der Waals surface area contributed by atoms with E-state index in [1.54, 1.807) is 12.4 Å². The molecule has 0 aliphatic carbocycles. The van der Waals surface area contributed by atoms with Crippen molar-refractivity contribution in [3.63, 3.8) is 0 Å². The molecule has 0 aromatic carbocycles. The molecule has 0 aromatic heterocycles. The molecule has 0 saturated carbocycles. The monoisotopic (exact) mass is 126 g/mol. The minimum Gasteiger partial charge on any atom is -0.404 e. The summed E-state index contributed by atoms with van der Waals surface area (Å²) in [6.45, 7) is 5.98. The van der Waals surface area contributed by atoms with Crippen LogP contribution < -0.4 is 5.73 Å². The van der Waals surface area contributed by atoms with Crippen LogP contribution in [0.3, 0.4) is 0 Å². The average molecular weight is 126 g/mol. The Balaban J connectivity index is 3.71.